The van der Waals surface area contributed by atoms with Crippen molar-refractivity contribution in [3.05, 3.63) is 12.2 Å². The van der Waals surface area contributed by atoms with Crippen molar-refractivity contribution in [1.82, 2.24) is 0 Å². The molecule has 0 spiro atoms. The van der Waals surface area contributed by atoms with E-state index in [1.165, 1.54) is 0 Å². The molecule has 0 fully saturated rings. The molecule has 0 unspecified atom stereocenters. The van der Waals surface area contributed by atoms with Crippen molar-refractivity contribution in [3.8, 4) is 0 Å². The van der Waals surface area contributed by atoms with Gasteiger partial charge in [-0.1, -0.05) is 26.0 Å². The molecule has 76 valence electrons. The number of hydrogen-bond donors (Lipinski definition) is 1. The van der Waals surface area contributed by atoms with E-state index in [9.17, 15) is 4.79 Å². The first-order valence-electron chi connectivity index (χ1n) is 4.55. The van der Waals surface area contributed by atoms with E-state index in [0.29, 0.717) is 6.42 Å². The van der Waals surface area contributed by atoms with Gasteiger partial charge in [-0.05, 0) is 20.8 Å². The van der Waals surface area contributed by atoms with Crippen LogP contribution in [0.4, 0.5) is 0 Å². The van der Waals surface area contributed by atoms with E-state index in [-0.39, 0.29) is 5.78 Å². The summed E-state index contributed by atoms with van der Waals surface area (Å²) in [7, 11) is 0. The Labute approximate surface area is 81.2 Å². The van der Waals surface area contributed by atoms with E-state index in [1.807, 2.05) is 34.6 Å². The van der Waals surface area contributed by atoms with Crippen molar-refractivity contribution in [2.24, 2.45) is 11.1 Å². The van der Waals surface area contributed by atoms with Gasteiger partial charge in [0, 0.05) is 17.4 Å². The average Bonchev–Trinajstić information content (AvgIpc) is 1.82. The second-order valence-corrected chi connectivity index (χ2v) is 4.90. The summed E-state index contributed by atoms with van der Waals surface area (Å²) in [6.07, 6.45) is 0.424. The van der Waals surface area contributed by atoms with E-state index < -0.39 is 11.0 Å². The Morgan fingerprint density at radius 1 is 1.31 bits per heavy atom. The molecule has 0 aliphatic heterocycles. The molecule has 2 N–H and O–H groups in total. The Morgan fingerprint density at radius 3 is 1.92 bits per heavy atom. The molecular formula is C11H21NO. The number of ketones is 1. The molecular weight excluding hydrogens is 162 g/mol. The fraction of sp³-hybridized carbons (Fsp3) is 0.727. The van der Waals surface area contributed by atoms with Crippen molar-refractivity contribution in [2.75, 3.05) is 0 Å². The van der Waals surface area contributed by atoms with Crippen LogP contribution in [-0.4, -0.2) is 11.3 Å². The number of carbonyl (C=O) groups excluding carboxylic acids is 1. The molecule has 0 aromatic rings. The minimum Gasteiger partial charge on any atom is -0.325 e. The minimum atomic E-state index is -0.494. The van der Waals surface area contributed by atoms with Crippen LogP contribution in [-0.2, 0) is 4.79 Å². The van der Waals surface area contributed by atoms with Crippen molar-refractivity contribution in [2.45, 2.75) is 46.6 Å². The number of rotatable bonds is 4. The summed E-state index contributed by atoms with van der Waals surface area (Å²) >= 11 is 0. The van der Waals surface area contributed by atoms with Crippen LogP contribution in [0.25, 0.3) is 0 Å². The normalized spacial score (nSPS) is 12.8. The summed E-state index contributed by atoms with van der Waals surface area (Å²) in [4.78, 5) is 11.8. The monoisotopic (exact) mass is 183 g/mol. The second-order valence-electron chi connectivity index (χ2n) is 4.90. The fourth-order valence-electron chi connectivity index (χ4n) is 0.854. The van der Waals surface area contributed by atoms with E-state index in [2.05, 4.69) is 6.58 Å². The van der Waals surface area contributed by atoms with Crippen LogP contribution in [0.2, 0.25) is 0 Å². The molecule has 0 aromatic carbocycles. The lowest BCUT2D eigenvalue weighted by Gasteiger charge is -2.37. The van der Waals surface area contributed by atoms with Crippen LogP contribution >= 0.6 is 0 Å². The molecule has 0 rings (SSSR count). The van der Waals surface area contributed by atoms with Gasteiger partial charge in [0.05, 0.1) is 0 Å². The second kappa shape index (κ2) is 3.62. The average molecular weight is 183 g/mol. The van der Waals surface area contributed by atoms with Crippen molar-refractivity contribution in [1.29, 1.82) is 0 Å². The predicted octanol–water partition coefficient (Wildman–Crippen LogP) is 2.29. The Bertz CT molecular complexity index is 221. The van der Waals surface area contributed by atoms with Gasteiger partial charge >= 0.3 is 0 Å². The molecule has 2 heteroatoms. The number of carbonyl (C=O) groups is 1. The van der Waals surface area contributed by atoms with Gasteiger partial charge in [0.1, 0.15) is 5.78 Å². The maximum atomic E-state index is 11.8. The van der Waals surface area contributed by atoms with E-state index in [0.717, 1.165) is 5.57 Å². The summed E-state index contributed by atoms with van der Waals surface area (Å²) in [5.41, 5.74) is 5.85. The highest BCUT2D eigenvalue weighted by molar-refractivity contribution is 5.87. The maximum absolute atomic E-state index is 11.8. The number of Topliss-reactive ketones (excluding diaryl/α,β-unsaturated/α-hetero) is 1. The van der Waals surface area contributed by atoms with E-state index in [4.69, 9.17) is 5.73 Å². The molecule has 13 heavy (non-hydrogen) atoms. The van der Waals surface area contributed by atoms with Crippen LogP contribution in [0.15, 0.2) is 12.2 Å². The first-order valence-corrected chi connectivity index (χ1v) is 4.55. The van der Waals surface area contributed by atoms with Crippen molar-refractivity contribution >= 4 is 5.78 Å². The molecule has 0 aliphatic rings. The molecule has 0 atom stereocenters. The minimum absolute atomic E-state index is 0.160. The molecule has 0 amide bonds. The molecule has 0 saturated carbocycles. The summed E-state index contributed by atoms with van der Waals surface area (Å²) in [6, 6.07) is 0. The van der Waals surface area contributed by atoms with Gasteiger partial charge in [0.15, 0.2) is 0 Å². The summed E-state index contributed by atoms with van der Waals surface area (Å²) in [5.74, 6) is 0.160. The third-order valence-electron chi connectivity index (χ3n) is 2.77. The van der Waals surface area contributed by atoms with Crippen LogP contribution in [0, 0.1) is 5.41 Å². The lowest BCUT2D eigenvalue weighted by molar-refractivity contribution is -0.129. The van der Waals surface area contributed by atoms with Crippen molar-refractivity contribution < 1.29 is 4.79 Å². The predicted molar refractivity (Wildman–Crippen MR) is 56.5 cm³/mol. The quantitative estimate of drug-likeness (QED) is 0.679. The third-order valence-corrected chi connectivity index (χ3v) is 2.77. The molecule has 0 heterocycles. The first-order chi connectivity index (χ1) is 5.59. The number of allylic oxidation sites excluding steroid dienone is 1. The summed E-state index contributed by atoms with van der Waals surface area (Å²) in [6.45, 7) is 13.1. The van der Waals surface area contributed by atoms with Gasteiger partial charge in [0.25, 0.3) is 0 Å². The number of hydrogen-bond acceptors (Lipinski definition) is 2. The SMILES string of the molecule is C=C(C)CC(=O)C(C)(C)C(C)(C)N. The van der Waals surface area contributed by atoms with Gasteiger partial charge in [-0.3, -0.25) is 4.79 Å². The molecule has 0 radical (unpaired) electrons. The van der Waals surface area contributed by atoms with Gasteiger partial charge in [-0.2, -0.15) is 0 Å². The van der Waals surface area contributed by atoms with Crippen LogP contribution < -0.4 is 5.73 Å². The zero-order valence-corrected chi connectivity index (χ0v) is 9.40. The van der Waals surface area contributed by atoms with Gasteiger partial charge in [-0.15, -0.1) is 0 Å². The van der Waals surface area contributed by atoms with Crippen LogP contribution in [0.1, 0.15) is 41.0 Å². The summed E-state index contributed by atoms with van der Waals surface area (Å²) in [5, 5.41) is 0. The maximum Gasteiger partial charge on any atom is 0.144 e. The third kappa shape index (κ3) is 2.96. The summed E-state index contributed by atoms with van der Waals surface area (Å²) < 4.78 is 0. The smallest absolute Gasteiger partial charge is 0.144 e. The highest BCUT2D eigenvalue weighted by Gasteiger charge is 2.39. The van der Waals surface area contributed by atoms with Crippen molar-refractivity contribution in [3.63, 3.8) is 0 Å². The lowest BCUT2D eigenvalue weighted by Crippen LogP contribution is -2.51. The van der Waals surface area contributed by atoms with Gasteiger partial charge in [0.2, 0.25) is 0 Å². The lowest BCUT2D eigenvalue weighted by atomic mass is 9.71. The zero-order chi connectivity index (χ0) is 10.9. The van der Waals surface area contributed by atoms with Gasteiger partial charge in [-0.25, -0.2) is 0 Å². The molecule has 0 aromatic heterocycles. The first kappa shape index (κ1) is 12.4. The van der Waals surface area contributed by atoms with Crippen LogP contribution in [0.5, 0.6) is 0 Å². The fourth-order valence-corrected chi connectivity index (χ4v) is 0.854. The number of nitrogens with two attached hydrogens (primary N) is 1. The zero-order valence-electron chi connectivity index (χ0n) is 9.40. The Morgan fingerprint density at radius 2 is 1.69 bits per heavy atom. The Kier molecular flexibility index (Phi) is 3.45. The molecule has 0 saturated heterocycles. The largest absolute Gasteiger partial charge is 0.325 e. The Balaban J connectivity index is 4.65. The molecule has 0 bridgehead atoms. The Hall–Kier alpha value is -0.630. The highest BCUT2D eigenvalue weighted by atomic mass is 16.1. The van der Waals surface area contributed by atoms with Crippen LogP contribution in [0.3, 0.4) is 0 Å². The van der Waals surface area contributed by atoms with Gasteiger partial charge < -0.3 is 5.73 Å². The van der Waals surface area contributed by atoms with E-state index >= 15 is 0 Å². The molecule has 2 nitrogen and oxygen atoms in total. The topological polar surface area (TPSA) is 43.1 Å². The highest BCUT2D eigenvalue weighted by Crippen LogP contribution is 2.31. The van der Waals surface area contributed by atoms with E-state index in [1.54, 1.807) is 0 Å². The standard InChI is InChI=1S/C11H21NO/c1-8(2)7-9(13)10(3,4)11(5,6)12/h1,7,12H2,2-6H3. The molecule has 0 aliphatic carbocycles.